The van der Waals surface area contributed by atoms with Crippen LogP contribution in [0.2, 0.25) is 0 Å². The molecule has 0 amide bonds. The van der Waals surface area contributed by atoms with Gasteiger partial charge < -0.3 is 10.1 Å². The van der Waals surface area contributed by atoms with E-state index >= 15 is 0 Å². The summed E-state index contributed by atoms with van der Waals surface area (Å²) in [5.41, 5.74) is 2.46. The molecule has 4 nitrogen and oxygen atoms in total. The van der Waals surface area contributed by atoms with Gasteiger partial charge in [-0.3, -0.25) is 4.68 Å². The Morgan fingerprint density at radius 3 is 2.89 bits per heavy atom. The summed E-state index contributed by atoms with van der Waals surface area (Å²) in [5, 5.41) is 7.65. The molecule has 2 aromatic rings. The van der Waals surface area contributed by atoms with E-state index in [2.05, 4.69) is 40.7 Å². The van der Waals surface area contributed by atoms with E-state index < -0.39 is 0 Å². The van der Waals surface area contributed by atoms with Crippen molar-refractivity contribution in [2.75, 3.05) is 25.6 Å². The lowest BCUT2D eigenvalue weighted by molar-refractivity contribution is 0.183. The van der Waals surface area contributed by atoms with Crippen LogP contribution in [-0.4, -0.2) is 30.0 Å². The lowest BCUT2D eigenvalue weighted by Crippen LogP contribution is -2.04. The average molecular weight is 259 g/mol. The van der Waals surface area contributed by atoms with Crippen molar-refractivity contribution in [2.45, 2.75) is 19.4 Å². The number of benzene rings is 1. The molecule has 0 atom stereocenters. The van der Waals surface area contributed by atoms with Crippen LogP contribution < -0.4 is 5.32 Å². The predicted octanol–water partition coefficient (Wildman–Crippen LogP) is 2.57. The fraction of sp³-hybridized carbons (Fsp3) is 0.400. The molecule has 0 aliphatic carbocycles. The highest BCUT2D eigenvalue weighted by Crippen LogP contribution is 2.06. The molecule has 2 rings (SSSR count). The molecular formula is C15H21N3O. The van der Waals surface area contributed by atoms with Crippen molar-refractivity contribution in [1.29, 1.82) is 0 Å². The van der Waals surface area contributed by atoms with Crippen molar-refractivity contribution >= 4 is 5.69 Å². The van der Waals surface area contributed by atoms with Crippen LogP contribution in [0.3, 0.4) is 0 Å². The predicted molar refractivity (Wildman–Crippen MR) is 77.4 cm³/mol. The fourth-order valence-corrected chi connectivity index (χ4v) is 1.93. The van der Waals surface area contributed by atoms with Gasteiger partial charge in [-0.05, 0) is 18.4 Å². The fourth-order valence-electron chi connectivity index (χ4n) is 1.93. The van der Waals surface area contributed by atoms with Crippen LogP contribution in [-0.2, 0) is 17.7 Å². The van der Waals surface area contributed by atoms with Crippen LogP contribution in [0.1, 0.15) is 12.0 Å². The molecule has 1 aromatic heterocycles. The van der Waals surface area contributed by atoms with Crippen LogP contribution in [0.25, 0.3) is 0 Å². The van der Waals surface area contributed by atoms with Gasteiger partial charge in [0.2, 0.25) is 0 Å². The van der Waals surface area contributed by atoms with Gasteiger partial charge in [-0.15, -0.1) is 0 Å². The molecule has 0 radical (unpaired) electrons. The summed E-state index contributed by atoms with van der Waals surface area (Å²) in [4.78, 5) is 0. The van der Waals surface area contributed by atoms with Gasteiger partial charge in [0.1, 0.15) is 0 Å². The number of hydrogen-bond acceptors (Lipinski definition) is 3. The maximum absolute atomic E-state index is 5.02. The SMILES string of the molecule is COCCn1cc(NCCCc2ccccc2)cn1. The van der Waals surface area contributed by atoms with Crippen LogP contribution in [0.5, 0.6) is 0 Å². The second-order valence-corrected chi connectivity index (χ2v) is 4.50. The number of aromatic nitrogens is 2. The molecule has 0 unspecified atom stereocenters. The molecule has 0 aliphatic rings. The minimum atomic E-state index is 0.690. The second kappa shape index (κ2) is 7.59. The molecule has 102 valence electrons. The molecule has 0 saturated heterocycles. The van der Waals surface area contributed by atoms with E-state index in [1.807, 2.05) is 17.1 Å². The lowest BCUT2D eigenvalue weighted by Gasteiger charge is -2.03. The van der Waals surface area contributed by atoms with E-state index in [-0.39, 0.29) is 0 Å². The first-order valence-electron chi connectivity index (χ1n) is 6.67. The molecule has 1 N–H and O–H groups in total. The highest BCUT2D eigenvalue weighted by Gasteiger charge is 1.98. The standard InChI is InChI=1S/C15H21N3O/c1-19-11-10-18-13-15(12-17-18)16-9-5-8-14-6-3-2-4-7-14/h2-4,6-7,12-13,16H,5,8-11H2,1H3. The molecule has 4 heteroatoms. The highest BCUT2D eigenvalue weighted by atomic mass is 16.5. The molecule has 1 aromatic carbocycles. The smallest absolute Gasteiger partial charge is 0.0726 e. The zero-order valence-corrected chi connectivity index (χ0v) is 11.4. The van der Waals surface area contributed by atoms with Crippen molar-refractivity contribution in [1.82, 2.24) is 9.78 Å². The average Bonchev–Trinajstić information content (AvgIpc) is 2.90. The Balaban J connectivity index is 1.66. The molecule has 0 spiro atoms. The number of ether oxygens (including phenoxy) is 1. The number of aryl methyl sites for hydroxylation is 1. The minimum Gasteiger partial charge on any atom is -0.383 e. The third-order valence-electron chi connectivity index (χ3n) is 2.97. The quantitative estimate of drug-likeness (QED) is 0.741. The van der Waals surface area contributed by atoms with Gasteiger partial charge in [0.15, 0.2) is 0 Å². The van der Waals surface area contributed by atoms with Gasteiger partial charge in [0.05, 0.1) is 25.0 Å². The monoisotopic (exact) mass is 259 g/mol. The first kappa shape index (κ1) is 13.6. The normalized spacial score (nSPS) is 10.6. The second-order valence-electron chi connectivity index (χ2n) is 4.50. The Labute approximate surface area is 114 Å². The summed E-state index contributed by atoms with van der Waals surface area (Å²) in [6, 6.07) is 10.6. The van der Waals surface area contributed by atoms with Gasteiger partial charge in [0.25, 0.3) is 0 Å². The van der Waals surface area contributed by atoms with Crippen molar-refractivity contribution in [3.8, 4) is 0 Å². The zero-order chi connectivity index (χ0) is 13.3. The summed E-state index contributed by atoms with van der Waals surface area (Å²) in [6.45, 7) is 2.45. The van der Waals surface area contributed by atoms with E-state index in [0.717, 1.165) is 31.6 Å². The summed E-state index contributed by atoms with van der Waals surface area (Å²) in [7, 11) is 1.70. The first-order valence-corrected chi connectivity index (χ1v) is 6.67. The van der Waals surface area contributed by atoms with Gasteiger partial charge in [-0.1, -0.05) is 30.3 Å². The van der Waals surface area contributed by atoms with E-state index in [1.165, 1.54) is 5.56 Å². The molecular weight excluding hydrogens is 238 g/mol. The third kappa shape index (κ3) is 4.75. The number of methoxy groups -OCH3 is 1. The summed E-state index contributed by atoms with van der Waals surface area (Å²) >= 11 is 0. The Morgan fingerprint density at radius 2 is 2.11 bits per heavy atom. The topological polar surface area (TPSA) is 39.1 Å². The molecule has 0 saturated carbocycles. The molecule has 0 aliphatic heterocycles. The van der Waals surface area contributed by atoms with E-state index in [4.69, 9.17) is 4.74 Å². The lowest BCUT2D eigenvalue weighted by atomic mass is 10.1. The van der Waals surface area contributed by atoms with Crippen molar-refractivity contribution < 1.29 is 4.74 Å². The maximum Gasteiger partial charge on any atom is 0.0726 e. The van der Waals surface area contributed by atoms with Crippen molar-refractivity contribution in [3.63, 3.8) is 0 Å². The van der Waals surface area contributed by atoms with Gasteiger partial charge in [-0.25, -0.2) is 0 Å². The number of nitrogens with one attached hydrogen (secondary N) is 1. The van der Waals surface area contributed by atoms with Crippen LogP contribution in [0.4, 0.5) is 5.69 Å². The van der Waals surface area contributed by atoms with Gasteiger partial charge >= 0.3 is 0 Å². The number of rotatable bonds is 8. The molecule has 0 fully saturated rings. The summed E-state index contributed by atoms with van der Waals surface area (Å²) in [6.07, 6.45) is 6.10. The summed E-state index contributed by atoms with van der Waals surface area (Å²) < 4.78 is 6.91. The van der Waals surface area contributed by atoms with Gasteiger partial charge in [-0.2, -0.15) is 5.10 Å². The Morgan fingerprint density at radius 1 is 1.26 bits per heavy atom. The minimum absolute atomic E-state index is 0.690. The van der Waals surface area contributed by atoms with E-state index in [9.17, 15) is 0 Å². The Bertz CT molecular complexity index is 467. The molecule has 19 heavy (non-hydrogen) atoms. The van der Waals surface area contributed by atoms with Crippen LogP contribution >= 0.6 is 0 Å². The molecule has 1 heterocycles. The van der Waals surface area contributed by atoms with Crippen molar-refractivity contribution in [2.24, 2.45) is 0 Å². The highest BCUT2D eigenvalue weighted by molar-refractivity contribution is 5.37. The number of nitrogens with zero attached hydrogens (tertiary/aromatic N) is 2. The maximum atomic E-state index is 5.02. The Hall–Kier alpha value is -1.81. The van der Waals surface area contributed by atoms with Gasteiger partial charge in [0, 0.05) is 19.9 Å². The third-order valence-corrected chi connectivity index (χ3v) is 2.97. The van der Waals surface area contributed by atoms with E-state index in [0.29, 0.717) is 6.61 Å². The zero-order valence-electron chi connectivity index (χ0n) is 11.4. The van der Waals surface area contributed by atoms with Crippen LogP contribution in [0, 0.1) is 0 Å². The molecule has 0 bridgehead atoms. The van der Waals surface area contributed by atoms with Crippen molar-refractivity contribution in [3.05, 3.63) is 48.3 Å². The first-order chi connectivity index (χ1) is 9.38. The largest absolute Gasteiger partial charge is 0.383 e. The number of anilines is 1. The Kier molecular flexibility index (Phi) is 5.44. The van der Waals surface area contributed by atoms with Crippen LogP contribution in [0.15, 0.2) is 42.7 Å². The number of hydrogen-bond donors (Lipinski definition) is 1. The van der Waals surface area contributed by atoms with E-state index in [1.54, 1.807) is 7.11 Å². The summed E-state index contributed by atoms with van der Waals surface area (Å²) in [5.74, 6) is 0.